The van der Waals surface area contributed by atoms with Crippen LogP contribution in [0.15, 0.2) is 41.3 Å². The summed E-state index contributed by atoms with van der Waals surface area (Å²) < 4.78 is 1.43. The van der Waals surface area contributed by atoms with E-state index in [-0.39, 0.29) is 30.3 Å². The van der Waals surface area contributed by atoms with Gasteiger partial charge in [-0.2, -0.15) is 4.98 Å². The molecule has 1 unspecified atom stereocenters. The molecule has 2 aromatic rings. The Morgan fingerprint density at radius 1 is 1.07 bits per heavy atom. The number of hydrogen-bond donors (Lipinski definition) is 4. The number of aliphatic hydroxyl groups is 1. The second-order valence-corrected chi connectivity index (χ2v) is 11.8. The summed E-state index contributed by atoms with van der Waals surface area (Å²) in [6.45, 7) is 4.02. The molecule has 2 aliphatic heterocycles. The lowest BCUT2D eigenvalue weighted by Gasteiger charge is -2.50. The van der Waals surface area contributed by atoms with E-state index in [2.05, 4.69) is 15.2 Å². The standard InChI is InChI=1S/C28H40N8O4.ClH/c1-27(30,19-37)24(38)33-13-15-34(16-14-33)25(39)31-23-7-11-36(26(40)32-23)21-5-3-20(4-6-21)18-35-12-10-28(8-2-9-28)17-22(35)29;/h3-7,11,22,37H,2,8-10,12-19,29-30H2,1H3,(H,31,32,39,40);1H/t22?,27-;/m0./s1. The topological polar surface area (TPSA) is 163 Å². The molecule has 6 N–H and O–H groups in total. The number of nitrogens with zero attached hydrogens (tertiary/aromatic N) is 5. The summed E-state index contributed by atoms with van der Waals surface area (Å²) in [6.07, 6.45) is 7.93. The fraction of sp³-hybridized carbons (Fsp3) is 0.571. The Kier molecular flexibility index (Phi) is 9.39. The Bertz CT molecular complexity index is 1290. The third kappa shape index (κ3) is 6.73. The van der Waals surface area contributed by atoms with E-state index in [1.807, 2.05) is 24.3 Å². The highest BCUT2D eigenvalue weighted by atomic mass is 35.5. The Hall–Kier alpha value is -3.03. The van der Waals surface area contributed by atoms with Gasteiger partial charge in [-0.25, -0.2) is 9.59 Å². The Balaban J connectivity index is 0.00000387. The summed E-state index contributed by atoms with van der Waals surface area (Å²) in [5.41, 5.74) is 12.8. The number of benzene rings is 1. The lowest BCUT2D eigenvalue weighted by molar-refractivity contribution is -0.139. The molecular formula is C28H41ClN8O4. The molecule has 2 saturated heterocycles. The zero-order chi connectivity index (χ0) is 28.5. The number of amides is 3. The molecule has 3 heterocycles. The predicted octanol–water partition coefficient (Wildman–Crippen LogP) is 1.09. The number of likely N-dealkylation sites (tertiary alicyclic amines) is 1. The number of piperazine rings is 1. The van der Waals surface area contributed by atoms with Gasteiger partial charge < -0.3 is 26.4 Å². The number of nitrogens with two attached hydrogens (primary N) is 2. The second-order valence-electron chi connectivity index (χ2n) is 11.8. The van der Waals surface area contributed by atoms with Crippen LogP contribution in [-0.2, 0) is 11.3 Å². The molecule has 224 valence electrons. The molecule has 12 nitrogen and oxygen atoms in total. The van der Waals surface area contributed by atoms with Gasteiger partial charge in [0.05, 0.1) is 18.5 Å². The number of carbonyl (C=O) groups is 2. The zero-order valence-electron chi connectivity index (χ0n) is 23.5. The van der Waals surface area contributed by atoms with Crippen molar-refractivity contribution in [2.45, 2.75) is 57.3 Å². The fourth-order valence-electron chi connectivity index (χ4n) is 5.94. The number of aliphatic hydroxyl groups excluding tert-OH is 1. The van der Waals surface area contributed by atoms with E-state index in [4.69, 9.17) is 11.5 Å². The maximum absolute atomic E-state index is 12.8. The predicted molar refractivity (Wildman–Crippen MR) is 158 cm³/mol. The molecule has 1 spiro atoms. The van der Waals surface area contributed by atoms with Crippen molar-refractivity contribution in [3.05, 3.63) is 52.6 Å². The van der Waals surface area contributed by atoms with Crippen molar-refractivity contribution in [1.82, 2.24) is 24.3 Å². The van der Waals surface area contributed by atoms with E-state index in [0.717, 1.165) is 25.1 Å². The first-order valence-corrected chi connectivity index (χ1v) is 14.0. The smallest absolute Gasteiger partial charge is 0.354 e. The Labute approximate surface area is 246 Å². The monoisotopic (exact) mass is 588 g/mol. The van der Waals surface area contributed by atoms with Crippen LogP contribution >= 0.6 is 12.4 Å². The van der Waals surface area contributed by atoms with Crippen molar-refractivity contribution in [3.8, 4) is 5.69 Å². The number of carbonyl (C=O) groups excluding carboxylic acids is 2. The fourth-order valence-corrected chi connectivity index (χ4v) is 5.94. The Morgan fingerprint density at radius 2 is 1.73 bits per heavy atom. The molecule has 3 aliphatic rings. The van der Waals surface area contributed by atoms with Crippen LogP contribution in [0.2, 0.25) is 0 Å². The molecule has 3 fully saturated rings. The quantitative estimate of drug-likeness (QED) is 0.390. The molecule has 13 heteroatoms. The van der Waals surface area contributed by atoms with Crippen LogP contribution in [0, 0.1) is 5.41 Å². The van der Waals surface area contributed by atoms with E-state index in [9.17, 15) is 19.5 Å². The highest BCUT2D eigenvalue weighted by Gasteiger charge is 2.42. The van der Waals surface area contributed by atoms with Gasteiger partial charge in [0.25, 0.3) is 0 Å². The summed E-state index contributed by atoms with van der Waals surface area (Å²) in [7, 11) is 0. The van der Waals surface area contributed by atoms with E-state index in [0.29, 0.717) is 37.3 Å². The first-order chi connectivity index (χ1) is 19.1. The molecular weight excluding hydrogens is 548 g/mol. The third-order valence-corrected chi connectivity index (χ3v) is 8.76. The van der Waals surface area contributed by atoms with E-state index < -0.39 is 23.9 Å². The lowest BCUT2D eigenvalue weighted by atomic mass is 9.62. The largest absolute Gasteiger partial charge is 0.394 e. The van der Waals surface area contributed by atoms with Crippen LogP contribution in [0.4, 0.5) is 10.6 Å². The van der Waals surface area contributed by atoms with Crippen molar-refractivity contribution in [2.24, 2.45) is 16.9 Å². The van der Waals surface area contributed by atoms with Crippen LogP contribution in [0.5, 0.6) is 0 Å². The van der Waals surface area contributed by atoms with Crippen molar-refractivity contribution in [1.29, 1.82) is 0 Å². The molecule has 1 aliphatic carbocycles. The van der Waals surface area contributed by atoms with Crippen LogP contribution in [0.1, 0.15) is 44.6 Å². The normalized spacial score (nSPS) is 21.9. The van der Waals surface area contributed by atoms with Gasteiger partial charge >= 0.3 is 11.7 Å². The summed E-state index contributed by atoms with van der Waals surface area (Å²) in [5, 5.41) is 12.0. The van der Waals surface area contributed by atoms with Crippen molar-refractivity contribution < 1.29 is 14.7 Å². The van der Waals surface area contributed by atoms with Gasteiger partial charge in [0, 0.05) is 45.5 Å². The van der Waals surface area contributed by atoms with Gasteiger partial charge in [-0.15, -0.1) is 12.4 Å². The van der Waals surface area contributed by atoms with E-state index in [1.54, 1.807) is 17.2 Å². The first kappa shape index (κ1) is 30.9. The molecule has 1 saturated carbocycles. The van der Waals surface area contributed by atoms with Crippen LogP contribution in [0.3, 0.4) is 0 Å². The van der Waals surface area contributed by atoms with E-state index >= 15 is 0 Å². The molecule has 41 heavy (non-hydrogen) atoms. The zero-order valence-corrected chi connectivity index (χ0v) is 24.3. The summed E-state index contributed by atoms with van der Waals surface area (Å²) in [5.74, 6) is -0.204. The minimum atomic E-state index is -1.35. The van der Waals surface area contributed by atoms with Crippen LogP contribution in [0.25, 0.3) is 5.69 Å². The van der Waals surface area contributed by atoms with Crippen LogP contribution in [-0.4, -0.2) is 92.3 Å². The highest BCUT2D eigenvalue weighted by Crippen LogP contribution is 2.49. The SMILES string of the molecule is C[C@](N)(CO)C(=O)N1CCN(C(=O)Nc2ccn(-c3ccc(CN4CCC5(CCC5)CC4N)cc3)c(=O)n2)CC1.Cl. The molecule has 0 radical (unpaired) electrons. The maximum atomic E-state index is 12.8. The maximum Gasteiger partial charge on any atom is 0.354 e. The average Bonchev–Trinajstić information content (AvgIpc) is 2.93. The molecule has 5 rings (SSSR count). The number of anilines is 1. The second kappa shape index (κ2) is 12.5. The summed E-state index contributed by atoms with van der Waals surface area (Å²) in [4.78, 5) is 47.4. The first-order valence-electron chi connectivity index (χ1n) is 14.0. The number of halogens is 1. The molecule has 2 atom stereocenters. The Morgan fingerprint density at radius 3 is 2.29 bits per heavy atom. The number of rotatable bonds is 6. The lowest BCUT2D eigenvalue weighted by Crippen LogP contribution is -2.60. The number of nitrogens with one attached hydrogen (secondary N) is 1. The molecule has 1 aromatic carbocycles. The van der Waals surface area contributed by atoms with Crippen LogP contribution < -0.4 is 22.5 Å². The summed E-state index contributed by atoms with van der Waals surface area (Å²) >= 11 is 0. The minimum absolute atomic E-state index is 0. The van der Waals surface area contributed by atoms with Gasteiger partial charge in [-0.05, 0) is 61.8 Å². The van der Waals surface area contributed by atoms with Gasteiger partial charge in [-0.1, -0.05) is 18.6 Å². The van der Waals surface area contributed by atoms with Gasteiger partial charge in [-0.3, -0.25) is 19.6 Å². The number of aromatic nitrogens is 2. The van der Waals surface area contributed by atoms with Crippen molar-refractivity contribution >= 4 is 30.2 Å². The van der Waals surface area contributed by atoms with E-state index in [1.165, 1.54) is 42.1 Å². The third-order valence-electron chi connectivity index (χ3n) is 8.76. The number of piperidine rings is 1. The highest BCUT2D eigenvalue weighted by molar-refractivity contribution is 5.89. The molecule has 3 amide bonds. The van der Waals surface area contributed by atoms with Gasteiger partial charge in [0.2, 0.25) is 5.91 Å². The van der Waals surface area contributed by atoms with Gasteiger partial charge in [0.1, 0.15) is 11.4 Å². The van der Waals surface area contributed by atoms with Crippen molar-refractivity contribution in [3.63, 3.8) is 0 Å². The molecule has 0 bridgehead atoms. The van der Waals surface area contributed by atoms with Gasteiger partial charge in [0.15, 0.2) is 0 Å². The molecule has 1 aromatic heterocycles. The summed E-state index contributed by atoms with van der Waals surface area (Å²) in [6, 6.07) is 8.98. The van der Waals surface area contributed by atoms with Crippen molar-refractivity contribution in [2.75, 3.05) is 44.6 Å². The average molecular weight is 589 g/mol. The number of hydrogen-bond acceptors (Lipinski definition) is 8. The number of urea groups is 1. The minimum Gasteiger partial charge on any atom is -0.394 e.